The van der Waals surface area contributed by atoms with E-state index in [0.29, 0.717) is 12.9 Å². The average molecular weight is 419 g/mol. The predicted molar refractivity (Wildman–Crippen MR) is 99.1 cm³/mol. The lowest BCUT2D eigenvalue weighted by molar-refractivity contribution is -0.148. The standard InChI is InChI=1S/C19H19BrN2O4/c1-25-12-2-3-15-14(9-12)13(4-6-21-15)18(26-10-23)16-8-11-5-7-22(16)19(20)17(11)24/h2-4,6,9-11,16,18-19H,5,7-8H2,1H3/t11-,16+,18-,19+/m0/s1. The van der Waals surface area contributed by atoms with Crippen LogP contribution in [-0.2, 0) is 14.3 Å². The van der Waals surface area contributed by atoms with Crippen molar-refractivity contribution in [1.82, 2.24) is 9.88 Å². The minimum absolute atomic E-state index is 0.00904. The minimum atomic E-state index is -0.471. The molecular formula is C19H19BrN2O4. The Morgan fingerprint density at radius 2 is 2.23 bits per heavy atom. The van der Waals surface area contributed by atoms with Crippen molar-refractivity contribution in [3.8, 4) is 5.75 Å². The fourth-order valence-corrected chi connectivity index (χ4v) is 5.05. The van der Waals surface area contributed by atoms with Crippen LogP contribution in [0.4, 0.5) is 0 Å². The van der Waals surface area contributed by atoms with E-state index in [4.69, 9.17) is 9.47 Å². The first kappa shape index (κ1) is 17.4. The number of hydrogen-bond donors (Lipinski definition) is 0. The fourth-order valence-electron chi connectivity index (χ4n) is 4.16. The van der Waals surface area contributed by atoms with Crippen molar-refractivity contribution in [3.05, 3.63) is 36.0 Å². The first-order chi connectivity index (χ1) is 12.6. The van der Waals surface area contributed by atoms with Gasteiger partial charge in [-0.25, -0.2) is 0 Å². The third-order valence-corrected chi connectivity index (χ3v) is 6.43. The predicted octanol–water partition coefficient (Wildman–Crippen LogP) is 2.84. The molecule has 7 heteroatoms. The number of Topliss-reactive ketones (excluding diaryl/α,β-unsaturated/α-hetero) is 1. The summed E-state index contributed by atoms with van der Waals surface area (Å²) in [6.07, 6.45) is 2.79. The van der Waals surface area contributed by atoms with Gasteiger partial charge in [0.05, 0.1) is 18.7 Å². The van der Waals surface area contributed by atoms with Crippen LogP contribution >= 0.6 is 15.9 Å². The van der Waals surface area contributed by atoms with Crippen molar-refractivity contribution in [2.75, 3.05) is 13.7 Å². The summed E-state index contributed by atoms with van der Waals surface area (Å²) in [5.74, 6) is 0.948. The Hall–Kier alpha value is -1.99. The topological polar surface area (TPSA) is 68.7 Å². The van der Waals surface area contributed by atoms with Gasteiger partial charge in [-0.05, 0) is 37.1 Å². The van der Waals surface area contributed by atoms with Crippen LogP contribution in [0, 0.1) is 5.92 Å². The molecule has 3 saturated heterocycles. The number of methoxy groups -OCH3 is 1. The molecular weight excluding hydrogens is 400 g/mol. The van der Waals surface area contributed by atoms with Gasteiger partial charge in [-0.1, -0.05) is 15.9 Å². The van der Waals surface area contributed by atoms with Crippen LogP contribution in [0.15, 0.2) is 30.5 Å². The van der Waals surface area contributed by atoms with Gasteiger partial charge in [-0.15, -0.1) is 0 Å². The van der Waals surface area contributed by atoms with Gasteiger partial charge in [0.1, 0.15) is 16.8 Å². The molecule has 0 aliphatic carbocycles. The van der Waals surface area contributed by atoms with Crippen molar-refractivity contribution in [3.63, 3.8) is 0 Å². The molecule has 0 N–H and O–H groups in total. The Labute approximate surface area is 159 Å². The quantitative estimate of drug-likeness (QED) is 0.422. The van der Waals surface area contributed by atoms with Crippen molar-refractivity contribution < 1.29 is 19.1 Å². The molecule has 0 spiro atoms. The molecule has 5 atom stereocenters. The first-order valence-electron chi connectivity index (χ1n) is 8.59. The van der Waals surface area contributed by atoms with Gasteiger partial charge >= 0.3 is 0 Å². The maximum absolute atomic E-state index is 12.3. The first-order valence-corrected chi connectivity index (χ1v) is 9.51. The normalized spacial score (nSPS) is 28.8. The van der Waals surface area contributed by atoms with Crippen LogP contribution in [0.1, 0.15) is 24.5 Å². The number of aromatic nitrogens is 1. The van der Waals surface area contributed by atoms with E-state index >= 15 is 0 Å². The molecule has 3 aliphatic heterocycles. The van der Waals surface area contributed by atoms with Crippen LogP contribution in [0.3, 0.4) is 0 Å². The van der Waals surface area contributed by atoms with Crippen molar-refractivity contribution in [2.24, 2.45) is 5.92 Å². The fraction of sp³-hybridized carbons (Fsp3) is 0.421. The molecule has 0 radical (unpaired) electrons. The van der Waals surface area contributed by atoms with Gasteiger partial charge in [0.2, 0.25) is 0 Å². The van der Waals surface area contributed by atoms with E-state index in [2.05, 4.69) is 25.8 Å². The number of carbonyl (C=O) groups is 2. The summed E-state index contributed by atoms with van der Waals surface area (Å²) in [4.78, 5) is 29.8. The number of fused-ring (bicyclic) bond motifs is 4. The summed E-state index contributed by atoms with van der Waals surface area (Å²) >= 11 is 3.52. The van der Waals surface area contributed by atoms with Gasteiger partial charge in [0.25, 0.3) is 6.47 Å². The van der Waals surface area contributed by atoms with Crippen molar-refractivity contribution in [2.45, 2.75) is 29.9 Å². The maximum Gasteiger partial charge on any atom is 0.293 e. The van der Waals surface area contributed by atoms with Gasteiger partial charge in [0, 0.05) is 29.6 Å². The second kappa shape index (κ2) is 6.96. The Balaban J connectivity index is 1.79. The number of piperidine rings is 3. The van der Waals surface area contributed by atoms with Crippen LogP contribution in [0.5, 0.6) is 5.75 Å². The summed E-state index contributed by atoms with van der Waals surface area (Å²) < 4.78 is 10.9. The molecule has 5 rings (SSSR count). The number of hydrogen-bond acceptors (Lipinski definition) is 6. The third kappa shape index (κ3) is 2.79. The molecule has 1 aromatic carbocycles. The number of halogens is 1. The molecule has 1 unspecified atom stereocenters. The molecule has 2 aromatic rings. The second-order valence-electron chi connectivity index (χ2n) is 6.70. The lowest BCUT2D eigenvalue weighted by Crippen LogP contribution is -2.59. The van der Waals surface area contributed by atoms with Crippen LogP contribution in [-0.4, -0.2) is 46.8 Å². The molecule has 3 aliphatic rings. The Morgan fingerprint density at radius 3 is 2.96 bits per heavy atom. The van der Waals surface area contributed by atoms with E-state index in [9.17, 15) is 9.59 Å². The Morgan fingerprint density at radius 1 is 1.38 bits per heavy atom. The summed E-state index contributed by atoms with van der Waals surface area (Å²) in [5, 5.41) is 0.888. The van der Waals surface area contributed by atoms with Crippen LogP contribution in [0.25, 0.3) is 10.9 Å². The van der Waals surface area contributed by atoms with Gasteiger partial charge in [-0.3, -0.25) is 19.5 Å². The highest BCUT2D eigenvalue weighted by atomic mass is 79.9. The van der Waals surface area contributed by atoms with E-state index < -0.39 is 6.10 Å². The number of pyridine rings is 1. The molecule has 2 bridgehead atoms. The van der Waals surface area contributed by atoms with E-state index in [1.807, 2.05) is 24.3 Å². The van der Waals surface area contributed by atoms with Crippen molar-refractivity contribution >= 4 is 39.1 Å². The Bertz CT molecular complexity index is 855. The zero-order valence-corrected chi connectivity index (χ0v) is 15.9. The number of nitrogens with zero attached hydrogens (tertiary/aromatic N) is 2. The largest absolute Gasteiger partial charge is 0.497 e. The third-order valence-electron chi connectivity index (χ3n) is 5.46. The summed E-state index contributed by atoms with van der Waals surface area (Å²) in [6.45, 7) is 1.30. The molecule has 0 amide bonds. The van der Waals surface area contributed by atoms with Gasteiger partial charge in [-0.2, -0.15) is 0 Å². The zero-order chi connectivity index (χ0) is 18.3. The zero-order valence-electron chi connectivity index (χ0n) is 14.3. The molecule has 26 heavy (non-hydrogen) atoms. The van der Waals surface area contributed by atoms with E-state index in [1.54, 1.807) is 13.3 Å². The minimum Gasteiger partial charge on any atom is -0.497 e. The molecule has 1 aromatic heterocycles. The molecule has 4 heterocycles. The highest BCUT2D eigenvalue weighted by Gasteiger charge is 2.48. The van der Waals surface area contributed by atoms with E-state index in [-0.39, 0.29) is 22.7 Å². The Kier molecular flexibility index (Phi) is 4.67. The van der Waals surface area contributed by atoms with Crippen LogP contribution < -0.4 is 4.74 Å². The number of ketones is 1. The lowest BCUT2D eigenvalue weighted by Gasteiger charge is -2.49. The highest BCUT2D eigenvalue weighted by Crippen LogP contribution is 2.43. The molecule has 6 nitrogen and oxygen atoms in total. The number of rotatable bonds is 5. The van der Waals surface area contributed by atoms with E-state index in [0.717, 1.165) is 35.2 Å². The van der Waals surface area contributed by atoms with E-state index in [1.165, 1.54) is 0 Å². The van der Waals surface area contributed by atoms with Gasteiger partial charge < -0.3 is 9.47 Å². The monoisotopic (exact) mass is 418 g/mol. The smallest absolute Gasteiger partial charge is 0.293 e. The maximum atomic E-state index is 12.3. The molecule has 3 fully saturated rings. The second-order valence-corrected chi connectivity index (χ2v) is 7.57. The lowest BCUT2D eigenvalue weighted by atomic mass is 9.79. The SMILES string of the molecule is COc1ccc2nccc([C@H](OC=O)[C@H]3C[C@@H]4CCN3[C@@H](Br)C4=O)c2c1. The van der Waals surface area contributed by atoms with Crippen molar-refractivity contribution in [1.29, 1.82) is 0 Å². The summed E-state index contributed by atoms with van der Waals surface area (Å²) in [7, 11) is 1.61. The van der Waals surface area contributed by atoms with Gasteiger partial charge in [0.15, 0.2) is 5.78 Å². The number of carbonyl (C=O) groups excluding carboxylic acids is 2. The molecule has 136 valence electrons. The molecule has 0 saturated carbocycles. The number of alkyl halides is 1. The average Bonchev–Trinajstić information content (AvgIpc) is 2.69. The summed E-state index contributed by atoms with van der Waals surface area (Å²) in [5.41, 5.74) is 1.69. The number of ether oxygens (including phenoxy) is 2. The van der Waals surface area contributed by atoms with Crippen LogP contribution in [0.2, 0.25) is 0 Å². The highest BCUT2D eigenvalue weighted by molar-refractivity contribution is 9.09. The summed E-state index contributed by atoms with van der Waals surface area (Å²) in [6, 6.07) is 7.47. The number of benzene rings is 1.